The molecule has 4 nitrogen and oxygen atoms in total. The van der Waals surface area contributed by atoms with E-state index in [9.17, 15) is 0 Å². The van der Waals surface area contributed by atoms with Crippen LogP contribution in [0.3, 0.4) is 0 Å². The lowest BCUT2D eigenvalue weighted by molar-refractivity contribution is 0.652. The summed E-state index contributed by atoms with van der Waals surface area (Å²) in [6, 6.07) is 10.1. The monoisotopic (exact) mass is 332 g/mol. The standard InChI is InChI=1S/C16H14Cl2N4/c17-12-6-5-11(8-13(12)18)22-15(9-20-10-3-4-10)21-14-2-1-7-19-16(14)22/h1-2,5-8,10,20H,3-4,9H2. The molecule has 0 bridgehead atoms. The molecule has 4 rings (SSSR count). The predicted octanol–water partition coefficient (Wildman–Crippen LogP) is 3.98. The number of hydrogen-bond donors (Lipinski definition) is 1. The molecule has 1 aromatic carbocycles. The normalized spacial score (nSPS) is 14.6. The molecular formula is C16H14Cl2N4. The second kappa shape index (κ2) is 5.54. The fourth-order valence-corrected chi connectivity index (χ4v) is 2.79. The first-order valence-corrected chi connectivity index (χ1v) is 7.99. The van der Waals surface area contributed by atoms with Crippen molar-refractivity contribution in [2.45, 2.75) is 25.4 Å². The van der Waals surface area contributed by atoms with Crippen LogP contribution in [-0.4, -0.2) is 20.6 Å². The highest BCUT2D eigenvalue weighted by atomic mass is 35.5. The van der Waals surface area contributed by atoms with Crippen molar-refractivity contribution in [3.8, 4) is 5.69 Å². The zero-order valence-electron chi connectivity index (χ0n) is 11.8. The zero-order chi connectivity index (χ0) is 15.1. The van der Waals surface area contributed by atoms with E-state index in [0.29, 0.717) is 22.6 Å². The molecule has 0 unspecified atom stereocenters. The number of rotatable bonds is 4. The number of halogens is 2. The Hall–Kier alpha value is -1.62. The minimum absolute atomic E-state index is 0.526. The van der Waals surface area contributed by atoms with Gasteiger partial charge in [0.2, 0.25) is 0 Å². The fourth-order valence-electron chi connectivity index (χ4n) is 2.50. The van der Waals surface area contributed by atoms with Crippen molar-refractivity contribution in [2.24, 2.45) is 0 Å². The largest absolute Gasteiger partial charge is 0.307 e. The van der Waals surface area contributed by atoms with Gasteiger partial charge in [-0.25, -0.2) is 9.97 Å². The summed E-state index contributed by atoms with van der Waals surface area (Å²) in [5.74, 6) is 0.930. The number of nitrogens with zero attached hydrogens (tertiary/aromatic N) is 3. The average Bonchev–Trinajstić information content (AvgIpc) is 3.28. The van der Waals surface area contributed by atoms with E-state index in [1.807, 2.05) is 28.8 Å². The number of fused-ring (bicyclic) bond motifs is 1. The Morgan fingerprint density at radius 1 is 1.18 bits per heavy atom. The smallest absolute Gasteiger partial charge is 0.164 e. The van der Waals surface area contributed by atoms with Gasteiger partial charge in [-0.15, -0.1) is 0 Å². The topological polar surface area (TPSA) is 42.7 Å². The molecule has 6 heteroatoms. The van der Waals surface area contributed by atoms with Crippen LogP contribution >= 0.6 is 23.2 Å². The van der Waals surface area contributed by atoms with Gasteiger partial charge >= 0.3 is 0 Å². The van der Waals surface area contributed by atoms with Gasteiger partial charge in [-0.1, -0.05) is 23.2 Å². The predicted molar refractivity (Wildman–Crippen MR) is 88.7 cm³/mol. The van der Waals surface area contributed by atoms with Gasteiger partial charge in [0.15, 0.2) is 5.65 Å². The quantitative estimate of drug-likeness (QED) is 0.785. The van der Waals surface area contributed by atoms with Crippen molar-refractivity contribution in [3.05, 3.63) is 52.4 Å². The van der Waals surface area contributed by atoms with Crippen LogP contribution in [0.5, 0.6) is 0 Å². The van der Waals surface area contributed by atoms with Crippen molar-refractivity contribution in [1.82, 2.24) is 19.9 Å². The Morgan fingerprint density at radius 2 is 2.05 bits per heavy atom. The first kappa shape index (κ1) is 14.0. The lowest BCUT2D eigenvalue weighted by Gasteiger charge is -2.10. The van der Waals surface area contributed by atoms with Crippen molar-refractivity contribution in [3.63, 3.8) is 0 Å². The van der Waals surface area contributed by atoms with Crippen LogP contribution in [0.2, 0.25) is 10.0 Å². The summed E-state index contributed by atoms with van der Waals surface area (Å²) >= 11 is 12.2. The highest BCUT2D eigenvalue weighted by molar-refractivity contribution is 6.42. The molecule has 0 saturated heterocycles. The SMILES string of the molecule is Clc1ccc(-n2c(CNC3CC3)nc3cccnc32)cc1Cl. The molecule has 0 radical (unpaired) electrons. The summed E-state index contributed by atoms with van der Waals surface area (Å²) in [6.45, 7) is 0.710. The number of pyridine rings is 1. The lowest BCUT2D eigenvalue weighted by atomic mass is 10.3. The summed E-state index contributed by atoms with van der Waals surface area (Å²) in [5.41, 5.74) is 2.62. The maximum absolute atomic E-state index is 6.17. The minimum Gasteiger partial charge on any atom is -0.307 e. The Balaban J connectivity index is 1.84. The number of benzene rings is 1. The van der Waals surface area contributed by atoms with E-state index in [-0.39, 0.29) is 0 Å². The highest BCUT2D eigenvalue weighted by Crippen LogP contribution is 2.27. The van der Waals surface area contributed by atoms with E-state index in [1.165, 1.54) is 12.8 Å². The van der Waals surface area contributed by atoms with Gasteiger partial charge in [-0.3, -0.25) is 4.57 Å². The van der Waals surface area contributed by atoms with Crippen LogP contribution in [0.1, 0.15) is 18.7 Å². The van der Waals surface area contributed by atoms with Crippen molar-refractivity contribution in [1.29, 1.82) is 0 Å². The van der Waals surface area contributed by atoms with Crippen LogP contribution in [0, 0.1) is 0 Å². The van der Waals surface area contributed by atoms with Crippen molar-refractivity contribution in [2.75, 3.05) is 0 Å². The molecular weight excluding hydrogens is 319 g/mol. The molecule has 2 heterocycles. The molecule has 0 atom stereocenters. The molecule has 1 fully saturated rings. The Kier molecular flexibility index (Phi) is 3.53. The van der Waals surface area contributed by atoms with Gasteiger partial charge in [-0.05, 0) is 43.2 Å². The first-order valence-electron chi connectivity index (χ1n) is 7.23. The first-order chi connectivity index (χ1) is 10.7. The van der Waals surface area contributed by atoms with E-state index in [0.717, 1.165) is 22.7 Å². The summed E-state index contributed by atoms with van der Waals surface area (Å²) in [4.78, 5) is 9.17. The Labute approximate surface area is 138 Å². The third-order valence-electron chi connectivity index (χ3n) is 3.77. The van der Waals surface area contributed by atoms with Gasteiger partial charge in [0.05, 0.1) is 22.3 Å². The molecule has 2 aromatic heterocycles. The maximum Gasteiger partial charge on any atom is 0.164 e. The van der Waals surface area contributed by atoms with Crippen molar-refractivity contribution >= 4 is 34.4 Å². The molecule has 22 heavy (non-hydrogen) atoms. The zero-order valence-corrected chi connectivity index (χ0v) is 13.3. The molecule has 112 valence electrons. The van der Waals surface area contributed by atoms with Crippen LogP contribution in [0.15, 0.2) is 36.5 Å². The second-order valence-electron chi connectivity index (χ2n) is 5.46. The molecule has 1 N–H and O–H groups in total. The Morgan fingerprint density at radius 3 is 2.82 bits per heavy atom. The lowest BCUT2D eigenvalue weighted by Crippen LogP contribution is -2.18. The second-order valence-corrected chi connectivity index (χ2v) is 6.28. The third kappa shape index (κ3) is 2.58. The van der Waals surface area contributed by atoms with E-state index in [4.69, 9.17) is 28.2 Å². The molecule has 3 aromatic rings. The van der Waals surface area contributed by atoms with Crippen LogP contribution in [-0.2, 0) is 6.54 Å². The van der Waals surface area contributed by atoms with Gasteiger partial charge in [0.25, 0.3) is 0 Å². The molecule has 1 saturated carbocycles. The summed E-state index contributed by atoms with van der Waals surface area (Å²) in [5, 5.41) is 4.57. The number of aromatic nitrogens is 3. The highest BCUT2D eigenvalue weighted by Gasteiger charge is 2.22. The van der Waals surface area contributed by atoms with E-state index < -0.39 is 0 Å². The van der Waals surface area contributed by atoms with Crippen LogP contribution in [0.4, 0.5) is 0 Å². The third-order valence-corrected chi connectivity index (χ3v) is 4.51. The van der Waals surface area contributed by atoms with Crippen LogP contribution in [0.25, 0.3) is 16.9 Å². The molecule has 0 aliphatic heterocycles. The van der Waals surface area contributed by atoms with Gasteiger partial charge in [0.1, 0.15) is 11.3 Å². The molecule has 1 aliphatic carbocycles. The number of nitrogens with one attached hydrogen (secondary N) is 1. The van der Waals surface area contributed by atoms with E-state index in [1.54, 1.807) is 12.3 Å². The minimum atomic E-state index is 0.526. The van der Waals surface area contributed by atoms with Gasteiger partial charge < -0.3 is 5.32 Å². The summed E-state index contributed by atoms with van der Waals surface area (Å²) in [7, 11) is 0. The maximum atomic E-state index is 6.17. The Bertz CT molecular complexity index is 839. The number of imidazole rings is 1. The fraction of sp³-hybridized carbons (Fsp3) is 0.250. The molecule has 0 spiro atoms. The van der Waals surface area contributed by atoms with Gasteiger partial charge in [0, 0.05) is 12.2 Å². The molecule has 0 amide bonds. The molecule has 1 aliphatic rings. The number of hydrogen-bond acceptors (Lipinski definition) is 3. The van der Waals surface area contributed by atoms with E-state index >= 15 is 0 Å². The van der Waals surface area contributed by atoms with E-state index in [2.05, 4.69) is 10.3 Å². The van der Waals surface area contributed by atoms with Crippen molar-refractivity contribution < 1.29 is 0 Å². The van der Waals surface area contributed by atoms with Crippen LogP contribution < -0.4 is 5.32 Å². The average molecular weight is 333 g/mol. The van der Waals surface area contributed by atoms with Gasteiger partial charge in [-0.2, -0.15) is 0 Å². The summed E-state index contributed by atoms with van der Waals surface area (Å²) < 4.78 is 2.03. The summed E-state index contributed by atoms with van der Waals surface area (Å²) in [6.07, 6.45) is 4.26.